The molecule has 1 aliphatic carbocycles. The Labute approximate surface area is 104 Å². The van der Waals surface area contributed by atoms with Crippen LogP contribution in [0.15, 0.2) is 24.3 Å². The van der Waals surface area contributed by atoms with Crippen molar-refractivity contribution in [2.75, 3.05) is 0 Å². The van der Waals surface area contributed by atoms with E-state index in [1.165, 1.54) is 11.1 Å². The van der Waals surface area contributed by atoms with Gasteiger partial charge in [-0.05, 0) is 42.2 Å². The number of nitrogens with zero attached hydrogens (tertiary/aromatic N) is 1. The van der Waals surface area contributed by atoms with E-state index < -0.39 is 0 Å². The minimum absolute atomic E-state index is 0.159. The van der Waals surface area contributed by atoms with Crippen LogP contribution < -0.4 is 0 Å². The molecule has 1 aromatic carbocycles. The predicted octanol–water partition coefficient (Wildman–Crippen LogP) is 3.98. The standard InChI is InChI=1S/C16H21N/c1-12(2)8-13(3)16(11-17)9-14-6-4-5-7-15(14)10-16/h4-7,12-13H,8-10H2,1-3H3. The van der Waals surface area contributed by atoms with Crippen LogP contribution in [0.1, 0.15) is 38.3 Å². The van der Waals surface area contributed by atoms with Gasteiger partial charge in [-0.1, -0.05) is 45.0 Å². The first-order chi connectivity index (χ1) is 8.07. The van der Waals surface area contributed by atoms with E-state index in [1.54, 1.807) is 0 Å². The lowest BCUT2D eigenvalue weighted by molar-refractivity contribution is 0.233. The monoisotopic (exact) mass is 227 g/mol. The lowest BCUT2D eigenvalue weighted by atomic mass is 9.72. The van der Waals surface area contributed by atoms with Crippen LogP contribution in [-0.4, -0.2) is 0 Å². The van der Waals surface area contributed by atoms with Gasteiger partial charge < -0.3 is 0 Å². The first kappa shape index (κ1) is 12.2. The van der Waals surface area contributed by atoms with Crippen molar-refractivity contribution < 1.29 is 0 Å². The summed E-state index contributed by atoms with van der Waals surface area (Å²) >= 11 is 0. The van der Waals surface area contributed by atoms with Gasteiger partial charge >= 0.3 is 0 Å². The number of fused-ring (bicyclic) bond motifs is 1. The Morgan fingerprint density at radius 2 is 1.71 bits per heavy atom. The molecular weight excluding hydrogens is 206 g/mol. The van der Waals surface area contributed by atoms with Crippen LogP contribution in [0.4, 0.5) is 0 Å². The average Bonchev–Trinajstić information content (AvgIpc) is 2.67. The lowest BCUT2D eigenvalue weighted by Crippen LogP contribution is -2.29. The Morgan fingerprint density at radius 1 is 1.18 bits per heavy atom. The maximum absolute atomic E-state index is 9.62. The second kappa shape index (κ2) is 4.53. The van der Waals surface area contributed by atoms with Gasteiger partial charge in [-0.2, -0.15) is 5.26 Å². The van der Waals surface area contributed by atoms with Gasteiger partial charge in [-0.25, -0.2) is 0 Å². The van der Waals surface area contributed by atoms with Crippen LogP contribution in [-0.2, 0) is 12.8 Å². The zero-order chi connectivity index (χ0) is 12.5. The molecule has 0 fully saturated rings. The summed E-state index contributed by atoms with van der Waals surface area (Å²) in [4.78, 5) is 0. The van der Waals surface area contributed by atoms with E-state index in [0.717, 1.165) is 19.3 Å². The molecule has 2 rings (SSSR count). The van der Waals surface area contributed by atoms with E-state index in [1.807, 2.05) is 0 Å². The largest absolute Gasteiger partial charge is 0.198 e. The number of hydrogen-bond donors (Lipinski definition) is 0. The van der Waals surface area contributed by atoms with Crippen molar-refractivity contribution in [1.82, 2.24) is 0 Å². The smallest absolute Gasteiger partial charge is 0.0699 e. The molecule has 0 heterocycles. The van der Waals surface area contributed by atoms with E-state index in [9.17, 15) is 5.26 Å². The number of rotatable bonds is 3. The number of benzene rings is 1. The Morgan fingerprint density at radius 3 is 2.12 bits per heavy atom. The summed E-state index contributed by atoms with van der Waals surface area (Å²) in [6, 6.07) is 11.1. The summed E-state index contributed by atoms with van der Waals surface area (Å²) in [6.07, 6.45) is 3.02. The van der Waals surface area contributed by atoms with Crippen LogP contribution in [0.3, 0.4) is 0 Å². The van der Waals surface area contributed by atoms with E-state index in [2.05, 4.69) is 51.1 Å². The van der Waals surface area contributed by atoms with Crippen LogP contribution in [0, 0.1) is 28.6 Å². The summed E-state index contributed by atoms with van der Waals surface area (Å²) in [5, 5.41) is 9.62. The summed E-state index contributed by atoms with van der Waals surface area (Å²) < 4.78 is 0. The van der Waals surface area contributed by atoms with Crippen LogP contribution in [0.5, 0.6) is 0 Å². The van der Waals surface area contributed by atoms with Gasteiger partial charge in [0.15, 0.2) is 0 Å². The molecule has 0 bridgehead atoms. The Balaban J connectivity index is 2.24. The predicted molar refractivity (Wildman–Crippen MR) is 70.5 cm³/mol. The Kier molecular flexibility index (Phi) is 3.24. The topological polar surface area (TPSA) is 23.8 Å². The molecule has 0 radical (unpaired) electrons. The van der Waals surface area contributed by atoms with Crippen LogP contribution in [0.25, 0.3) is 0 Å². The second-order valence-corrected chi connectivity index (χ2v) is 5.92. The summed E-state index contributed by atoms with van der Waals surface area (Å²) in [5.74, 6) is 1.14. The molecule has 0 saturated carbocycles. The molecule has 1 aliphatic rings. The molecule has 90 valence electrons. The quantitative estimate of drug-likeness (QED) is 0.766. The van der Waals surface area contributed by atoms with Gasteiger partial charge in [0, 0.05) is 0 Å². The van der Waals surface area contributed by atoms with E-state index in [4.69, 9.17) is 0 Å². The molecule has 0 aromatic heterocycles. The molecule has 0 amide bonds. The van der Waals surface area contributed by atoms with Gasteiger partial charge in [0.2, 0.25) is 0 Å². The fraction of sp³-hybridized carbons (Fsp3) is 0.562. The third-order valence-corrected chi connectivity index (χ3v) is 4.12. The Hall–Kier alpha value is -1.29. The zero-order valence-electron chi connectivity index (χ0n) is 11.0. The third kappa shape index (κ3) is 2.22. The highest BCUT2D eigenvalue weighted by Gasteiger charge is 2.41. The molecule has 0 saturated heterocycles. The van der Waals surface area contributed by atoms with Gasteiger partial charge in [0.25, 0.3) is 0 Å². The summed E-state index contributed by atoms with van der Waals surface area (Å²) in [5.41, 5.74) is 2.60. The molecule has 17 heavy (non-hydrogen) atoms. The third-order valence-electron chi connectivity index (χ3n) is 4.12. The molecule has 1 nitrogen and oxygen atoms in total. The summed E-state index contributed by atoms with van der Waals surface area (Å²) in [6.45, 7) is 6.72. The lowest BCUT2D eigenvalue weighted by Gasteiger charge is -2.29. The molecule has 1 heteroatoms. The molecule has 1 unspecified atom stereocenters. The molecule has 0 N–H and O–H groups in total. The fourth-order valence-electron chi connectivity index (χ4n) is 3.12. The molecule has 1 aromatic rings. The number of hydrogen-bond acceptors (Lipinski definition) is 1. The fourth-order valence-corrected chi connectivity index (χ4v) is 3.12. The second-order valence-electron chi connectivity index (χ2n) is 5.92. The van der Waals surface area contributed by atoms with Crippen LogP contribution in [0.2, 0.25) is 0 Å². The first-order valence-electron chi connectivity index (χ1n) is 6.55. The van der Waals surface area contributed by atoms with Crippen molar-refractivity contribution in [3.8, 4) is 6.07 Å². The van der Waals surface area contributed by atoms with Crippen LogP contribution >= 0.6 is 0 Å². The van der Waals surface area contributed by atoms with Gasteiger partial charge in [-0.15, -0.1) is 0 Å². The average molecular weight is 227 g/mol. The van der Waals surface area contributed by atoms with Crippen molar-refractivity contribution in [3.63, 3.8) is 0 Å². The Bertz CT molecular complexity index is 414. The van der Waals surface area contributed by atoms with Gasteiger partial charge in [0.1, 0.15) is 0 Å². The van der Waals surface area contributed by atoms with E-state index in [-0.39, 0.29) is 5.41 Å². The molecule has 0 spiro atoms. The molecular formula is C16H21N. The van der Waals surface area contributed by atoms with Crippen molar-refractivity contribution in [2.45, 2.75) is 40.0 Å². The van der Waals surface area contributed by atoms with Crippen molar-refractivity contribution in [2.24, 2.45) is 17.3 Å². The van der Waals surface area contributed by atoms with Crippen molar-refractivity contribution >= 4 is 0 Å². The highest BCUT2D eigenvalue weighted by molar-refractivity contribution is 5.37. The highest BCUT2D eigenvalue weighted by Crippen LogP contribution is 2.44. The normalized spacial score (nSPS) is 18.8. The molecule has 1 atom stereocenters. The maximum atomic E-state index is 9.62. The first-order valence-corrected chi connectivity index (χ1v) is 6.55. The van der Waals surface area contributed by atoms with Crippen molar-refractivity contribution in [3.05, 3.63) is 35.4 Å². The maximum Gasteiger partial charge on any atom is 0.0699 e. The summed E-state index contributed by atoms with van der Waals surface area (Å²) in [7, 11) is 0. The van der Waals surface area contributed by atoms with E-state index in [0.29, 0.717) is 11.8 Å². The van der Waals surface area contributed by atoms with Crippen molar-refractivity contribution in [1.29, 1.82) is 5.26 Å². The van der Waals surface area contributed by atoms with E-state index >= 15 is 0 Å². The minimum atomic E-state index is -0.159. The van der Waals surface area contributed by atoms with Gasteiger partial charge in [0.05, 0.1) is 11.5 Å². The van der Waals surface area contributed by atoms with Gasteiger partial charge in [-0.3, -0.25) is 0 Å². The SMILES string of the molecule is CC(C)CC(C)C1(C#N)Cc2ccccc2C1. The molecule has 0 aliphatic heterocycles. The number of nitriles is 1. The highest BCUT2D eigenvalue weighted by atomic mass is 14.5. The minimum Gasteiger partial charge on any atom is -0.198 e. The zero-order valence-corrected chi connectivity index (χ0v) is 11.0.